The molecule has 0 bridgehead atoms. The largest absolute Gasteiger partial charge is 0.458 e. The van der Waals surface area contributed by atoms with Crippen molar-refractivity contribution in [1.29, 1.82) is 0 Å². The van der Waals surface area contributed by atoms with Gasteiger partial charge in [0.15, 0.2) is 17.8 Å². The van der Waals surface area contributed by atoms with E-state index in [9.17, 15) is 9.59 Å². The van der Waals surface area contributed by atoms with Gasteiger partial charge in [0.1, 0.15) is 5.76 Å². The van der Waals surface area contributed by atoms with Crippen molar-refractivity contribution in [3.05, 3.63) is 23.2 Å². The first-order valence-electron chi connectivity index (χ1n) is 4.10. The molecule has 4 heteroatoms. The Bertz CT molecular complexity index is 367. The van der Waals surface area contributed by atoms with Gasteiger partial charge in [-0.3, -0.25) is 9.59 Å². The molecule has 0 spiro atoms. The van der Waals surface area contributed by atoms with Crippen LogP contribution >= 0.6 is 0 Å². The highest BCUT2D eigenvalue weighted by molar-refractivity contribution is 6.02. The SMILES string of the molecule is NC1CCc2oc(C=O)cc2C1=O. The summed E-state index contributed by atoms with van der Waals surface area (Å²) in [6.07, 6.45) is 1.82. The zero-order valence-electron chi connectivity index (χ0n) is 6.95. The van der Waals surface area contributed by atoms with Gasteiger partial charge in [-0.2, -0.15) is 0 Å². The number of fused-ring (bicyclic) bond motifs is 1. The molecule has 1 aromatic rings. The minimum absolute atomic E-state index is 0.127. The highest BCUT2D eigenvalue weighted by Gasteiger charge is 2.27. The summed E-state index contributed by atoms with van der Waals surface area (Å²) in [4.78, 5) is 21.8. The predicted molar refractivity (Wildman–Crippen MR) is 44.7 cm³/mol. The van der Waals surface area contributed by atoms with Crippen LogP contribution in [-0.4, -0.2) is 18.1 Å². The van der Waals surface area contributed by atoms with Crippen molar-refractivity contribution in [2.24, 2.45) is 5.73 Å². The van der Waals surface area contributed by atoms with Crippen LogP contribution in [-0.2, 0) is 6.42 Å². The number of aryl methyl sites for hydroxylation is 1. The van der Waals surface area contributed by atoms with E-state index in [2.05, 4.69) is 0 Å². The minimum Gasteiger partial charge on any atom is -0.458 e. The monoisotopic (exact) mass is 179 g/mol. The van der Waals surface area contributed by atoms with E-state index in [1.165, 1.54) is 6.07 Å². The summed E-state index contributed by atoms with van der Waals surface area (Å²) in [5.41, 5.74) is 6.04. The van der Waals surface area contributed by atoms with Crippen LogP contribution in [0.2, 0.25) is 0 Å². The number of aldehydes is 1. The zero-order valence-corrected chi connectivity index (χ0v) is 6.95. The fourth-order valence-electron chi connectivity index (χ4n) is 1.52. The summed E-state index contributed by atoms with van der Waals surface area (Å²) < 4.78 is 5.13. The van der Waals surface area contributed by atoms with Crippen LogP contribution < -0.4 is 5.73 Å². The van der Waals surface area contributed by atoms with Gasteiger partial charge < -0.3 is 10.2 Å². The van der Waals surface area contributed by atoms with E-state index in [0.717, 1.165) is 0 Å². The molecular weight excluding hydrogens is 170 g/mol. The second-order valence-corrected chi connectivity index (χ2v) is 3.11. The number of rotatable bonds is 1. The smallest absolute Gasteiger partial charge is 0.185 e. The van der Waals surface area contributed by atoms with Gasteiger partial charge in [0.05, 0.1) is 11.6 Å². The molecule has 1 aromatic heterocycles. The quantitative estimate of drug-likeness (QED) is 0.639. The van der Waals surface area contributed by atoms with Crippen LogP contribution in [0.4, 0.5) is 0 Å². The summed E-state index contributed by atoms with van der Waals surface area (Å²) in [5, 5.41) is 0. The number of nitrogens with two attached hydrogens (primary N) is 1. The molecule has 0 radical (unpaired) electrons. The summed E-state index contributed by atoms with van der Waals surface area (Å²) in [6, 6.07) is 1.02. The highest BCUT2D eigenvalue weighted by atomic mass is 16.3. The lowest BCUT2D eigenvalue weighted by atomic mass is 9.93. The van der Waals surface area contributed by atoms with Crippen molar-refractivity contribution in [3.63, 3.8) is 0 Å². The molecule has 1 heterocycles. The van der Waals surface area contributed by atoms with Crippen LogP contribution in [0.15, 0.2) is 10.5 Å². The maximum atomic E-state index is 11.4. The van der Waals surface area contributed by atoms with Gasteiger partial charge in [-0.15, -0.1) is 0 Å². The topological polar surface area (TPSA) is 73.3 Å². The summed E-state index contributed by atoms with van der Waals surface area (Å²) in [5.74, 6) is 0.666. The van der Waals surface area contributed by atoms with E-state index in [-0.39, 0.29) is 11.5 Å². The van der Waals surface area contributed by atoms with Crippen molar-refractivity contribution >= 4 is 12.1 Å². The van der Waals surface area contributed by atoms with Crippen LogP contribution in [0.25, 0.3) is 0 Å². The van der Waals surface area contributed by atoms with Gasteiger partial charge in [0, 0.05) is 6.42 Å². The maximum Gasteiger partial charge on any atom is 0.185 e. The van der Waals surface area contributed by atoms with E-state index in [1.54, 1.807) is 0 Å². The third-order valence-electron chi connectivity index (χ3n) is 2.23. The zero-order chi connectivity index (χ0) is 9.42. The number of hydrogen-bond donors (Lipinski definition) is 1. The lowest BCUT2D eigenvalue weighted by molar-refractivity contribution is 0.0944. The van der Waals surface area contributed by atoms with Gasteiger partial charge in [-0.05, 0) is 12.5 Å². The molecule has 4 nitrogen and oxygen atoms in total. The molecular formula is C9H9NO3. The highest BCUT2D eigenvalue weighted by Crippen LogP contribution is 2.23. The van der Waals surface area contributed by atoms with Crippen molar-refractivity contribution in [2.75, 3.05) is 0 Å². The number of hydrogen-bond acceptors (Lipinski definition) is 4. The fraction of sp³-hybridized carbons (Fsp3) is 0.333. The first-order valence-corrected chi connectivity index (χ1v) is 4.10. The summed E-state index contributed by atoms with van der Waals surface area (Å²) >= 11 is 0. The van der Waals surface area contributed by atoms with E-state index in [1.807, 2.05) is 0 Å². The second-order valence-electron chi connectivity index (χ2n) is 3.11. The van der Waals surface area contributed by atoms with Gasteiger partial charge in [-0.25, -0.2) is 0 Å². The van der Waals surface area contributed by atoms with Crippen molar-refractivity contribution in [3.8, 4) is 0 Å². The second kappa shape index (κ2) is 2.81. The number of ketones is 1. The fourth-order valence-corrected chi connectivity index (χ4v) is 1.52. The molecule has 68 valence electrons. The summed E-state index contributed by atoms with van der Waals surface area (Å²) in [7, 11) is 0. The third-order valence-corrected chi connectivity index (χ3v) is 2.23. The Morgan fingerprint density at radius 1 is 1.62 bits per heavy atom. The Kier molecular flexibility index (Phi) is 1.77. The van der Waals surface area contributed by atoms with Crippen molar-refractivity contribution < 1.29 is 14.0 Å². The molecule has 1 unspecified atom stereocenters. The van der Waals surface area contributed by atoms with Crippen LogP contribution in [0.1, 0.15) is 33.1 Å². The molecule has 0 saturated carbocycles. The van der Waals surface area contributed by atoms with Crippen LogP contribution in [0, 0.1) is 0 Å². The van der Waals surface area contributed by atoms with Gasteiger partial charge in [0.2, 0.25) is 0 Å². The lowest BCUT2D eigenvalue weighted by Gasteiger charge is -2.14. The maximum absolute atomic E-state index is 11.4. The van der Waals surface area contributed by atoms with Crippen molar-refractivity contribution in [2.45, 2.75) is 18.9 Å². The first-order chi connectivity index (χ1) is 6.22. The Morgan fingerprint density at radius 3 is 3.08 bits per heavy atom. The van der Waals surface area contributed by atoms with E-state index in [0.29, 0.717) is 30.5 Å². The van der Waals surface area contributed by atoms with E-state index < -0.39 is 6.04 Å². The number of furan rings is 1. The predicted octanol–water partition coefficient (Wildman–Crippen LogP) is 0.548. The molecule has 1 atom stereocenters. The van der Waals surface area contributed by atoms with Crippen LogP contribution in [0.3, 0.4) is 0 Å². The standard InChI is InChI=1S/C9H9NO3/c10-7-1-2-8-6(9(7)12)3-5(4-11)13-8/h3-4,7H,1-2,10H2. The Hall–Kier alpha value is -1.42. The molecule has 1 aliphatic carbocycles. The van der Waals surface area contributed by atoms with Crippen molar-refractivity contribution in [1.82, 2.24) is 0 Å². The Labute approximate surface area is 74.7 Å². The molecule has 2 rings (SSSR count). The number of Topliss-reactive ketones (excluding diaryl/α,β-unsaturated/α-hetero) is 1. The average Bonchev–Trinajstić information content (AvgIpc) is 2.55. The molecule has 0 aromatic carbocycles. The van der Waals surface area contributed by atoms with Gasteiger partial charge >= 0.3 is 0 Å². The summed E-state index contributed by atoms with van der Waals surface area (Å²) in [6.45, 7) is 0. The van der Waals surface area contributed by atoms with E-state index >= 15 is 0 Å². The number of carbonyl (C=O) groups is 2. The normalized spacial score (nSPS) is 21.3. The minimum atomic E-state index is -0.440. The molecule has 0 amide bonds. The van der Waals surface area contributed by atoms with Crippen LogP contribution in [0.5, 0.6) is 0 Å². The number of carbonyl (C=O) groups excluding carboxylic acids is 2. The average molecular weight is 179 g/mol. The van der Waals surface area contributed by atoms with Gasteiger partial charge in [-0.1, -0.05) is 0 Å². The third kappa shape index (κ3) is 1.19. The van der Waals surface area contributed by atoms with Gasteiger partial charge in [0.25, 0.3) is 0 Å². The Balaban J connectivity index is 2.47. The lowest BCUT2D eigenvalue weighted by Crippen LogP contribution is -2.34. The molecule has 1 aliphatic rings. The molecule has 0 aliphatic heterocycles. The molecule has 0 fully saturated rings. The molecule has 0 saturated heterocycles. The van der Waals surface area contributed by atoms with E-state index in [4.69, 9.17) is 10.2 Å². The first kappa shape index (κ1) is 8.19. The Morgan fingerprint density at radius 2 is 2.38 bits per heavy atom. The molecule has 13 heavy (non-hydrogen) atoms. The molecule has 2 N–H and O–H groups in total.